The molecule has 7 heteroatoms. The minimum Gasteiger partial charge on any atom is -0.497 e. The van der Waals surface area contributed by atoms with Crippen molar-refractivity contribution in [3.05, 3.63) is 54.6 Å². The van der Waals surface area contributed by atoms with E-state index in [1.165, 1.54) is 11.8 Å². The number of benzene rings is 2. The van der Waals surface area contributed by atoms with Gasteiger partial charge in [-0.25, -0.2) is 0 Å². The molecule has 136 valence electrons. The number of nitrogens with one attached hydrogen (secondary N) is 1. The number of thioether (sulfide) groups is 1. The van der Waals surface area contributed by atoms with Crippen LogP contribution >= 0.6 is 23.1 Å². The lowest BCUT2D eigenvalue weighted by atomic mass is 10.1. The number of fused-ring (bicyclic) bond motifs is 1. The van der Waals surface area contributed by atoms with Crippen LogP contribution in [-0.4, -0.2) is 34.1 Å². The number of thiophene rings is 1. The van der Waals surface area contributed by atoms with Crippen LogP contribution in [0, 0.1) is 0 Å². The van der Waals surface area contributed by atoms with E-state index in [1.54, 1.807) is 18.4 Å². The second-order valence-corrected chi connectivity index (χ2v) is 7.97. The maximum absolute atomic E-state index is 10.7. The SMILES string of the molecule is COc1ccc2cc(-c3ccc(-c4cc(SCC(=O)O)n[nH]4)s3)ccc2c1. The zero-order valence-electron chi connectivity index (χ0n) is 14.4. The van der Waals surface area contributed by atoms with E-state index in [0.717, 1.165) is 37.5 Å². The minimum absolute atomic E-state index is 0.00184. The number of carboxylic acid groups (broad SMARTS) is 1. The van der Waals surface area contributed by atoms with E-state index in [9.17, 15) is 4.79 Å². The van der Waals surface area contributed by atoms with Crippen LogP contribution < -0.4 is 4.74 Å². The average Bonchev–Trinajstić information content (AvgIpc) is 3.35. The van der Waals surface area contributed by atoms with Gasteiger partial charge >= 0.3 is 5.97 Å². The van der Waals surface area contributed by atoms with Crippen molar-refractivity contribution in [3.8, 4) is 26.8 Å². The standard InChI is InChI=1S/C20H16N2O3S2/c1-25-15-5-4-12-8-14(3-2-13(12)9-15)17-6-7-18(27-17)16-10-19(22-21-16)26-11-20(23)24/h2-10H,11H2,1H3,(H,21,22)(H,23,24). The molecule has 0 aliphatic heterocycles. The highest BCUT2D eigenvalue weighted by Crippen LogP contribution is 2.36. The van der Waals surface area contributed by atoms with Gasteiger partial charge in [-0.15, -0.1) is 11.3 Å². The first-order chi connectivity index (χ1) is 13.1. The van der Waals surface area contributed by atoms with E-state index < -0.39 is 5.97 Å². The number of aromatic amines is 1. The molecule has 0 amide bonds. The molecule has 2 aromatic carbocycles. The van der Waals surface area contributed by atoms with Crippen molar-refractivity contribution in [1.82, 2.24) is 10.2 Å². The van der Waals surface area contributed by atoms with Crippen LogP contribution in [0.15, 0.2) is 59.6 Å². The molecular formula is C20H16N2O3S2. The van der Waals surface area contributed by atoms with Crippen LogP contribution in [0.5, 0.6) is 5.75 Å². The summed E-state index contributed by atoms with van der Waals surface area (Å²) in [7, 11) is 1.67. The molecule has 4 rings (SSSR count). The van der Waals surface area contributed by atoms with E-state index in [0.29, 0.717) is 5.03 Å². The second-order valence-electron chi connectivity index (χ2n) is 5.89. The Morgan fingerprint density at radius 3 is 2.70 bits per heavy atom. The number of ether oxygens (including phenoxy) is 1. The molecule has 2 N–H and O–H groups in total. The molecule has 0 saturated carbocycles. The van der Waals surface area contributed by atoms with Crippen LogP contribution in [0.25, 0.3) is 31.8 Å². The van der Waals surface area contributed by atoms with E-state index in [1.807, 2.05) is 18.2 Å². The number of rotatable bonds is 6. The highest BCUT2D eigenvalue weighted by atomic mass is 32.2. The molecule has 0 aliphatic carbocycles. The fourth-order valence-corrected chi connectivity index (χ4v) is 4.33. The third-order valence-electron chi connectivity index (χ3n) is 4.10. The van der Waals surface area contributed by atoms with Gasteiger partial charge in [0.15, 0.2) is 0 Å². The molecule has 0 radical (unpaired) electrons. The average molecular weight is 396 g/mol. The third-order valence-corrected chi connectivity index (χ3v) is 6.17. The Bertz CT molecular complexity index is 1120. The molecule has 0 unspecified atom stereocenters. The van der Waals surface area contributed by atoms with Gasteiger partial charge in [0.05, 0.1) is 23.4 Å². The number of aromatic nitrogens is 2. The van der Waals surface area contributed by atoms with Crippen molar-refractivity contribution in [2.75, 3.05) is 12.9 Å². The maximum atomic E-state index is 10.7. The van der Waals surface area contributed by atoms with Gasteiger partial charge in [0, 0.05) is 4.88 Å². The molecule has 27 heavy (non-hydrogen) atoms. The Morgan fingerprint density at radius 1 is 1.11 bits per heavy atom. The van der Waals surface area contributed by atoms with Crippen molar-refractivity contribution in [2.24, 2.45) is 0 Å². The van der Waals surface area contributed by atoms with Crippen LogP contribution in [-0.2, 0) is 4.79 Å². The number of nitrogens with zero attached hydrogens (tertiary/aromatic N) is 1. The van der Waals surface area contributed by atoms with Crippen LogP contribution in [0.3, 0.4) is 0 Å². The monoisotopic (exact) mass is 396 g/mol. The number of methoxy groups -OCH3 is 1. The summed E-state index contributed by atoms with van der Waals surface area (Å²) in [6.45, 7) is 0. The Hall–Kier alpha value is -2.77. The van der Waals surface area contributed by atoms with Crippen molar-refractivity contribution in [2.45, 2.75) is 5.03 Å². The van der Waals surface area contributed by atoms with Crippen LogP contribution in [0.4, 0.5) is 0 Å². The topological polar surface area (TPSA) is 75.2 Å². The molecule has 0 bridgehead atoms. The quantitative estimate of drug-likeness (QED) is 0.441. The van der Waals surface area contributed by atoms with Gasteiger partial charge in [-0.3, -0.25) is 9.89 Å². The smallest absolute Gasteiger partial charge is 0.313 e. The highest BCUT2D eigenvalue weighted by Gasteiger charge is 2.10. The molecule has 2 aromatic heterocycles. The number of hydrogen-bond acceptors (Lipinski definition) is 5. The summed E-state index contributed by atoms with van der Waals surface area (Å²) in [5.74, 6) is 0.00310. The molecule has 0 aliphatic rings. The number of aliphatic carboxylic acids is 1. The van der Waals surface area contributed by atoms with Gasteiger partial charge in [0.2, 0.25) is 0 Å². The minimum atomic E-state index is -0.850. The molecule has 4 aromatic rings. The summed E-state index contributed by atoms with van der Waals surface area (Å²) in [5, 5.41) is 18.9. The van der Waals surface area contributed by atoms with E-state index in [4.69, 9.17) is 9.84 Å². The summed E-state index contributed by atoms with van der Waals surface area (Å²) < 4.78 is 5.28. The predicted molar refractivity (Wildman–Crippen MR) is 110 cm³/mol. The van der Waals surface area contributed by atoms with E-state index >= 15 is 0 Å². The lowest BCUT2D eigenvalue weighted by Gasteiger charge is -2.04. The van der Waals surface area contributed by atoms with Crippen molar-refractivity contribution in [1.29, 1.82) is 0 Å². The number of carboxylic acids is 1. The first-order valence-electron chi connectivity index (χ1n) is 8.21. The van der Waals surface area contributed by atoms with Crippen molar-refractivity contribution in [3.63, 3.8) is 0 Å². The van der Waals surface area contributed by atoms with E-state index in [2.05, 4.69) is 46.6 Å². The second kappa shape index (κ2) is 7.46. The summed E-state index contributed by atoms with van der Waals surface area (Å²) in [4.78, 5) is 12.9. The Kier molecular flexibility index (Phi) is 4.87. The molecule has 0 fully saturated rings. The van der Waals surface area contributed by atoms with Gasteiger partial charge in [-0.1, -0.05) is 30.0 Å². The Balaban J connectivity index is 1.59. The number of hydrogen-bond donors (Lipinski definition) is 2. The van der Waals surface area contributed by atoms with Crippen molar-refractivity contribution >= 4 is 39.8 Å². The first-order valence-corrected chi connectivity index (χ1v) is 10.0. The predicted octanol–water partition coefficient (Wildman–Crippen LogP) is 5.14. The molecular weight excluding hydrogens is 380 g/mol. The normalized spacial score (nSPS) is 11.0. The lowest BCUT2D eigenvalue weighted by molar-refractivity contribution is -0.133. The third kappa shape index (κ3) is 3.84. The fraction of sp³-hybridized carbons (Fsp3) is 0.100. The number of carbonyl (C=O) groups is 1. The van der Waals surface area contributed by atoms with Crippen LogP contribution in [0.2, 0.25) is 0 Å². The van der Waals surface area contributed by atoms with Crippen molar-refractivity contribution < 1.29 is 14.6 Å². The summed E-state index contributed by atoms with van der Waals surface area (Å²) >= 11 is 2.88. The lowest BCUT2D eigenvalue weighted by Crippen LogP contribution is -1.97. The summed E-state index contributed by atoms with van der Waals surface area (Å²) in [6.07, 6.45) is 0. The van der Waals surface area contributed by atoms with Gasteiger partial charge in [-0.05, 0) is 52.7 Å². The maximum Gasteiger partial charge on any atom is 0.313 e. The van der Waals surface area contributed by atoms with Gasteiger partial charge in [0.25, 0.3) is 0 Å². The largest absolute Gasteiger partial charge is 0.497 e. The molecule has 0 spiro atoms. The zero-order chi connectivity index (χ0) is 18.8. The van der Waals surface area contributed by atoms with Crippen LogP contribution in [0.1, 0.15) is 0 Å². The summed E-state index contributed by atoms with van der Waals surface area (Å²) in [5.41, 5.74) is 2.05. The fourth-order valence-electron chi connectivity index (χ4n) is 2.78. The highest BCUT2D eigenvalue weighted by molar-refractivity contribution is 7.99. The zero-order valence-corrected chi connectivity index (χ0v) is 16.1. The first kappa shape index (κ1) is 17.6. The molecule has 0 saturated heterocycles. The van der Waals surface area contributed by atoms with Gasteiger partial charge < -0.3 is 9.84 Å². The molecule has 5 nitrogen and oxygen atoms in total. The van der Waals surface area contributed by atoms with Gasteiger partial charge in [-0.2, -0.15) is 5.10 Å². The van der Waals surface area contributed by atoms with E-state index in [-0.39, 0.29) is 5.75 Å². The number of H-pyrrole nitrogens is 1. The molecule has 2 heterocycles. The Labute approximate surface area is 164 Å². The molecule has 0 atom stereocenters. The summed E-state index contributed by atoms with van der Waals surface area (Å²) in [6, 6.07) is 18.5. The Morgan fingerprint density at radius 2 is 1.89 bits per heavy atom. The van der Waals surface area contributed by atoms with Gasteiger partial charge in [0.1, 0.15) is 10.8 Å².